The molecule has 19 heavy (non-hydrogen) atoms. The highest BCUT2D eigenvalue weighted by molar-refractivity contribution is 5.79. The van der Waals surface area contributed by atoms with Crippen LogP contribution in [0.25, 0.3) is 0 Å². The van der Waals surface area contributed by atoms with Gasteiger partial charge in [-0.3, -0.25) is 4.79 Å². The van der Waals surface area contributed by atoms with Gasteiger partial charge in [0.05, 0.1) is 11.6 Å². The van der Waals surface area contributed by atoms with E-state index in [4.69, 9.17) is 5.73 Å². The number of aromatic nitrogens is 2. The maximum atomic E-state index is 12.0. The first-order valence-electron chi connectivity index (χ1n) is 6.74. The van der Waals surface area contributed by atoms with Gasteiger partial charge in [0.15, 0.2) is 5.82 Å². The summed E-state index contributed by atoms with van der Waals surface area (Å²) in [6, 6.07) is 3.91. The number of rotatable bonds is 4. The summed E-state index contributed by atoms with van der Waals surface area (Å²) in [6.45, 7) is 4.56. The second-order valence-corrected chi connectivity index (χ2v) is 4.90. The summed E-state index contributed by atoms with van der Waals surface area (Å²) in [5.41, 5.74) is 6.30. The van der Waals surface area contributed by atoms with Crippen LogP contribution in [0.3, 0.4) is 0 Å². The number of nitrogens with zero attached hydrogens (tertiary/aromatic N) is 3. The van der Waals surface area contributed by atoms with E-state index >= 15 is 0 Å². The Labute approximate surface area is 113 Å². The topological polar surface area (TPSA) is 84.1 Å². The Morgan fingerprint density at radius 1 is 1.53 bits per heavy atom. The molecule has 104 valence electrons. The SMILES string of the molecule is Cc1ccc(N2CCCC(C(=O)NCCN)C2)nn1. The fourth-order valence-electron chi connectivity index (χ4n) is 2.30. The van der Waals surface area contributed by atoms with E-state index in [0.29, 0.717) is 19.6 Å². The second-order valence-electron chi connectivity index (χ2n) is 4.90. The lowest BCUT2D eigenvalue weighted by Gasteiger charge is -2.32. The fraction of sp³-hybridized carbons (Fsp3) is 0.615. The third kappa shape index (κ3) is 3.64. The van der Waals surface area contributed by atoms with Crippen molar-refractivity contribution in [2.45, 2.75) is 19.8 Å². The fourth-order valence-corrected chi connectivity index (χ4v) is 2.30. The van der Waals surface area contributed by atoms with Crippen LogP contribution in [0.15, 0.2) is 12.1 Å². The molecule has 6 nitrogen and oxygen atoms in total. The van der Waals surface area contributed by atoms with E-state index in [1.165, 1.54) is 0 Å². The first kappa shape index (κ1) is 13.7. The Morgan fingerprint density at radius 3 is 3.05 bits per heavy atom. The van der Waals surface area contributed by atoms with Crippen molar-refractivity contribution in [3.05, 3.63) is 17.8 Å². The van der Waals surface area contributed by atoms with Crippen molar-refractivity contribution in [1.29, 1.82) is 0 Å². The molecular weight excluding hydrogens is 242 g/mol. The maximum absolute atomic E-state index is 12.0. The van der Waals surface area contributed by atoms with E-state index < -0.39 is 0 Å². The van der Waals surface area contributed by atoms with Crippen LogP contribution in [-0.4, -0.2) is 42.3 Å². The molecule has 1 aliphatic rings. The smallest absolute Gasteiger partial charge is 0.224 e. The first-order valence-corrected chi connectivity index (χ1v) is 6.74. The molecule has 1 fully saturated rings. The molecule has 1 aromatic rings. The summed E-state index contributed by atoms with van der Waals surface area (Å²) in [4.78, 5) is 14.1. The van der Waals surface area contributed by atoms with Crippen LogP contribution in [0, 0.1) is 12.8 Å². The van der Waals surface area contributed by atoms with Crippen molar-refractivity contribution >= 4 is 11.7 Å². The van der Waals surface area contributed by atoms with Gasteiger partial charge >= 0.3 is 0 Å². The molecule has 0 aliphatic carbocycles. The van der Waals surface area contributed by atoms with Gasteiger partial charge in [-0.2, -0.15) is 5.10 Å². The lowest BCUT2D eigenvalue weighted by Crippen LogP contribution is -2.44. The van der Waals surface area contributed by atoms with Gasteiger partial charge in [-0.25, -0.2) is 0 Å². The minimum Gasteiger partial charge on any atom is -0.355 e. The van der Waals surface area contributed by atoms with Crippen LogP contribution in [0.4, 0.5) is 5.82 Å². The van der Waals surface area contributed by atoms with Gasteiger partial charge in [0, 0.05) is 26.2 Å². The normalized spacial score (nSPS) is 19.3. The monoisotopic (exact) mass is 263 g/mol. The molecular formula is C13H21N5O. The lowest BCUT2D eigenvalue weighted by atomic mass is 9.97. The number of amides is 1. The highest BCUT2D eigenvalue weighted by Crippen LogP contribution is 2.21. The van der Waals surface area contributed by atoms with Crippen molar-refractivity contribution in [2.75, 3.05) is 31.1 Å². The molecule has 6 heteroatoms. The van der Waals surface area contributed by atoms with Gasteiger partial charge < -0.3 is 16.0 Å². The van der Waals surface area contributed by atoms with Crippen molar-refractivity contribution in [3.63, 3.8) is 0 Å². The molecule has 0 bridgehead atoms. The van der Waals surface area contributed by atoms with E-state index in [9.17, 15) is 4.79 Å². The molecule has 0 aromatic carbocycles. The Kier molecular flexibility index (Phi) is 4.68. The average molecular weight is 263 g/mol. The largest absolute Gasteiger partial charge is 0.355 e. The van der Waals surface area contributed by atoms with Crippen LogP contribution in [-0.2, 0) is 4.79 Å². The van der Waals surface area contributed by atoms with E-state index in [1.54, 1.807) is 0 Å². The van der Waals surface area contributed by atoms with Gasteiger partial charge in [0.1, 0.15) is 0 Å². The predicted octanol–water partition coefficient (Wildman–Crippen LogP) is 0.0763. The number of piperidine rings is 1. The minimum absolute atomic E-state index is 0.0170. The average Bonchev–Trinajstić information content (AvgIpc) is 2.45. The molecule has 1 atom stereocenters. The molecule has 1 unspecified atom stereocenters. The molecule has 1 aliphatic heterocycles. The minimum atomic E-state index is 0.0170. The van der Waals surface area contributed by atoms with E-state index in [2.05, 4.69) is 20.4 Å². The molecule has 1 aromatic heterocycles. The van der Waals surface area contributed by atoms with Crippen LogP contribution in [0.5, 0.6) is 0 Å². The van der Waals surface area contributed by atoms with Crippen LogP contribution >= 0.6 is 0 Å². The summed E-state index contributed by atoms with van der Waals surface area (Å²) in [5, 5.41) is 11.1. The molecule has 3 N–H and O–H groups in total. The van der Waals surface area contributed by atoms with Gasteiger partial charge in [0.25, 0.3) is 0 Å². The van der Waals surface area contributed by atoms with E-state index in [-0.39, 0.29) is 11.8 Å². The number of carbonyl (C=O) groups is 1. The number of nitrogens with two attached hydrogens (primary N) is 1. The molecule has 1 amide bonds. The van der Waals surface area contributed by atoms with Crippen LogP contribution < -0.4 is 16.0 Å². The van der Waals surface area contributed by atoms with Gasteiger partial charge in [-0.05, 0) is 31.9 Å². The predicted molar refractivity (Wildman–Crippen MR) is 73.8 cm³/mol. The number of nitrogens with one attached hydrogen (secondary N) is 1. The standard InChI is InChI=1S/C13H21N5O/c1-10-4-5-12(17-16-10)18-8-2-3-11(9-18)13(19)15-7-6-14/h4-5,11H,2-3,6-9,14H2,1H3,(H,15,19). The summed E-state index contributed by atoms with van der Waals surface area (Å²) in [5.74, 6) is 0.959. The zero-order chi connectivity index (χ0) is 13.7. The molecule has 0 radical (unpaired) electrons. The summed E-state index contributed by atoms with van der Waals surface area (Å²) >= 11 is 0. The van der Waals surface area contributed by atoms with Crippen molar-refractivity contribution in [3.8, 4) is 0 Å². The number of anilines is 1. The summed E-state index contributed by atoms with van der Waals surface area (Å²) in [6.07, 6.45) is 1.92. The van der Waals surface area contributed by atoms with Gasteiger partial charge in [-0.1, -0.05) is 0 Å². The van der Waals surface area contributed by atoms with Gasteiger partial charge in [-0.15, -0.1) is 5.10 Å². The molecule has 2 heterocycles. The first-order chi connectivity index (χ1) is 9.20. The number of carbonyl (C=O) groups excluding carboxylic acids is 1. The highest BCUT2D eigenvalue weighted by Gasteiger charge is 2.26. The Bertz CT molecular complexity index is 420. The maximum Gasteiger partial charge on any atom is 0.224 e. The van der Waals surface area contributed by atoms with Crippen molar-refractivity contribution in [1.82, 2.24) is 15.5 Å². The number of aryl methyl sites for hydroxylation is 1. The Balaban J connectivity index is 1.96. The van der Waals surface area contributed by atoms with Crippen molar-refractivity contribution in [2.24, 2.45) is 11.7 Å². The second kappa shape index (κ2) is 6.47. The molecule has 2 rings (SSSR count). The quantitative estimate of drug-likeness (QED) is 0.803. The third-order valence-corrected chi connectivity index (χ3v) is 3.34. The highest BCUT2D eigenvalue weighted by atomic mass is 16.1. The lowest BCUT2D eigenvalue weighted by molar-refractivity contribution is -0.125. The number of hydrogen-bond acceptors (Lipinski definition) is 5. The zero-order valence-electron chi connectivity index (χ0n) is 11.3. The van der Waals surface area contributed by atoms with Crippen LogP contribution in [0.2, 0.25) is 0 Å². The van der Waals surface area contributed by atoms with Crippen LogP contribution in [0.1, 0.15) is 18.5 Å². The Hall–Kier alpha value is -1.69. The molecule has 0 saturated carbocycles. The molecule has 0 spiro atoms. The van der Waals surface area contributed by atoms with E-state index in [1.807, 2.05) is 19.1 Å². The number of hydrogen-bond donors (Lipinski definition) is 2. The summed E-state index contributed by atoms with van der Waals surface area (Å²) in [7, 11) is 0. The third-order valence-electron chi connectivity index (χ3n) is 3.34. The Morgan fingerprint density at radius 2 is 2.37 bits per heavy atom. The van der Waals surface area contributed by atoms with Crippen molar-refractivity contribution < 1.29 is 4.79 Å². The summed E-state index contributed by atoms with van der Waals surface area (Å²) < 4.78 is 0. The molecule has 1 saturated heterocycles. The zero-order valence-corrected chi connectivity index (χ0v) is 11.3. The van der Waals surface area contributed by atoms with E-state index in [0.717, 1.165) is 30.9 Å². The van der Waals surface area contributed by atoms with Gasteiger partial charge in [0.2, 0.25) is 5.91 Å².